The molecule has 107 valence electrons. The van der Waals surface area contributed by atoms with E-state index in [-0.39, 0.29) is 41.1 Å². The molecule has 4 rings (SSSR count). The van der Waals surface area contributed by atoms with Crippen molar-refractivity contribution in [1.82, 2.24) is 0 Å². The Labute approximate surface area is 152 Å². The van der Waals surface area contributed by atoms with E-state index in [0.717, 1.165) is 0 Å². The van der Waals surface area contributed by atoms with Crippen LogP contribution in [0.3, 0.4) is 0 Å². The van der Waals surface area contributed by atoms with Crippen LogP contribution in [0.25, 0.3) is 32.7 Å². The van der Waals surface area contributed by atoms with Crippen LogP contribution in [0.4, 0.5) is 0 Å². The first kappa shape index (κ1) is 18.5. The second kappa shape index (κ2) is 7.61. The molecule has 0 aromatic heterocycles. The molecule has 4 aromatic rings. The third kappa shape index (κ3) is 2.96. The van der Waals surface area contributed by atoms with E-state index in [4.69, 9.17) is 0 Å². The molecule has 1 radical (unpaired) electrons. The van der Waals surface area contributed by atoms with E-state index in [1.165, 1.54) is 32.7 Å². The van der Waals surface area contributed by atoms with Crippen LogP contribution in [0.2, 0.25) is 0 Å². The van der Waals surface area contributed by atoms with Gasteiger partial charge in [-0.05, 0) is 16.3 Å². The third-order valence-electron chi connectivity index (χ3n) is 3.76. The second-order valence-corrected chi connectivity index (χ2v) is 4.86. The van der Waals surface area contributed by atoms with Crippen molar-refractivity contribution in [3.63, 3.8) is 0 Å². The summed E-state index contributed by atoms with van der Waals surface area (Å²) in [6, 6.07) is 28.1. The summed E-state index contributed by atoms with van der Waals surface area (Å²) in [5.74, 6) is 0. The Morgan fingerprint density at radius 1 is 0.591 bits per heavy atom. The number of rotatable bonds is 1. The first-order valence-electron chi connectivity index (χ1n) is 6.56. The van der Waals surface area contributed by atoms with Crippen LogP contribution in [0.1, 0.15) is 0 Å². The predicted molar refractivity (Wildman–Crippen MR) is 95.3 cm³/mol. The molecule has 0 unspecified atom stereocenters. The fourth-order valence-corrected chi connectivity index (χ4v) is 2.86. The van der Waals surface area contributed by atoms with Crippen molar-refractivity contribution in [2.45, 2.75) is 0 Å². The Morgan fingerprint density at radius 3 is 2.05 bits per heavy atom. The molecule has 0 amide bonds. The van der Waals surface area contributed by atoms with E-state index in [0.29, 0.717) is 0 Å². The quantitative estimate of drug-likeness (QED) is 0.350. The van der Waals surface area contributed by atoms with Gasteiger partial charge < -0.3 is 14.9 Å². The minimum absolute atomic E-state index is 0. The Morgan fingerprint density at radius 2 is 1.23 bits per heavy atom. The van der Waals surface area contributed by atoms with Crippen molar-refractivity contribution in [3.8, 4) is 11.1 Å². The molecule has 0 nitrogen and oxygen atoms in total. The zero-order valence-corrected chi connectivity index (χ0v) is 15.5. The van der Waals surface area contributed by atoms with E-state index >= 15 is 0 Å². The first-order chi connectivity index (χ1) is 9.43. The van der Waals surface area contributed by atoms with Crippen LogP contribution < -0.4 is 0 Å². The summed E-state index contributed by atoms with van der Waals surface area (Å²) in [7, 11) is 0. The molecule has 0 saturated heterocycles. The van der Waals surface area contributed by atoms with Crippen molar-refractivity contribution < 1.29 is 26.2 Å². The molecule has 0 heterocycles. The average Bonchev–Trinajstić information content (AvgIpc) is 2.95. The maximum Gasteiger partial charge on any atom is 3.00 e. The Balaban J connectivity index is 0.000000807. The zero-order chi connectivity index (χ0) is 12.7. The van der Waals surface area contributed by atoms with E-state index in [2.05, 4.69) is 78.9 Å². The van der Waals surface area contributed by atoms with Crippen LogP contribution >= 0.6 is 0 Å². The van der Waals surface area contributed by atoms with E-state index in [9.17, 15) is 0 Å². The Bertz CT molecular complexity index is 866. The van der Waals surface area contributed by atoms with Crippen LogP contribution in [-0.2, 0) is 26.2 Å². The van der Waals surface area contributed by atoms with Gasteiger partial charge in [0.1, 0.15) is 0 Å². The molecule has 0 atom stereocenters. The molecule has 0 saturated carbocycles. The molecule has 1 heteroatoms. The minimum atomic E-state index is 0. The number of hydrogen-bond donors (Lipinski definition) is 0. The monoisotopic (exact) mass is 361 g/mol. The summed E-state index contributed by atoms with van der Waals surface area (Å²) in [5, 5.41) is 5.26. The van der Waals surface area contributed by atoms with Gasteiger partial charge in [-0.25, -0.2) is 0 Å². The van der Waals surface area contributed by atoms with Crippen molar-refractivity contribution >= 4 is 21.5 Å². The van der Waals surface area contributed by atoms with Gasteiger partial charge in [-0.3, -0.25) is 0 Å². The predicted octanol–water partition coefficient (Wildman–Crippen LogP) is 6.28. The summed E-state index contributed by atoms with van der Waals surface area (Å²) in [6.45, 7) is 0. The normalized spacial score (nSPS) is 9.64. The van der Waals surface area contributed by atoms with Gasteiger partial charge in [-0.1, -0.05) is 54.1 Å². The van der Waals surface area contributed by atoms with Gasteiger partial charge in [0.15, 0.2) is 0 Å². The number of fused-ring (bicyclic) bond motifs is 2. The molecular formula is C21H19Zr. The van der Waals surface area contributed by atoms with Crippen LogP contribution in [0.15, 0.2) is 78.9 Å². The molecule has 0 aliphatic heterocycles. The van der Waals surface area contributed by atoms with Crippen molar-refractivity contribution in [3.05, 3.63) is 93.7 Å². The molecule has 0 bridgehead atoms. The average molecular weight is 363 g/mol. The number of benzene rings is 3. The van der Waals surface area contributed by atoms with Gasteiger partial charge in [0, 0.05) is 0 Å². The van der Waals surface area contributed by atoms with Gasteiger partial charge in [-0.15, -0.1) is 29.0 Å². The Kier molecular flexibility index (Phi) is 6.38. The topological polar surface area (TPSA) is 0 Å². The smallest absolute Gasteiger partial charge is 0.358 e. The van der Waals surface area contributed by atoms with E-state index in [1.807, 2.05) is 0 Å². The fraction of sp³-hybridized carbons (Fsp3) is 0. The summed E-state index contributed by atoms with van der Waals surface area (Å²) in [5.41, 5.74) is 2.63. The maximum atomic E-state index is 2.21. The molecule has 22 heavy (non-hydrogen) atoms. The molecule has 0 aliphatic carbocycles. The largest absolute Gasteiger partial charge is 3.00 e. The molecular weight excluding hydrogens is 343 g/mol. The van der Waals surface area contributed by atoms with Crippen LogP contribution in [0.5, 0.6) is 0 Å². The summed E-state index contributed by atoms with van der Waals surface area (Å²) in [4.78, 5) is 0. The molecule has 0 aliphatic rings. The minimum Gasteiger partial charge on any atom is -0.358 e. The Hall–Kier alpha value is -1.59. The van der Waals surface area contributed by atoms with E-state index in [1.54, 1.807) is 0 Å². The molecule has 0 fully saturated rings. The summed E-state index contributed by atoms with van der Waals surface area (Å²) in [6.07, 6.45) is 0. The van der Waals surface area contributed by atoms with Gasteiger partial charge in [0.05, 0.1) is 0 Å². The van der Waals surface area contributed by atoms with Crippen LogP contribution in [-0.4, -0.2) is 0 Å². The van der Waals surface area contributed by atoms with Gasteiger partial charge in [-0.2, -0.15) is 12.1 Å². The third-order valence-corrected chi connectivity index (χ3v) is 3.76. The molecule has 0 spiro atoms. The SMILES string of the molecule is [CH3-].[CH3-].[Zr+3].c1ccc2c(-c3cccc4[cH-]ccc34)cccc2c1. The summed E-state index contributed by atoms with van der Waals surface area (Å²) >= 11 is 0. The van der Waals surface area contributed by atoms with Crippen molar-refractivity contribution in [1.29, 1.82) is 0 Å². The maximum absolute atomic E-state index is 2.21. The van der Waals surface area contributed by atoms with Gasteiger partial charge in [0.25, 0.3) is 0 Å². The second-order valence-electron chi connectivity index (χ2n) is 4.86. The van der Waals surface area contributed by atoms with Gasteiger partial charge >= 0.3 is 26.2 Å². The van der Waals surface area contributed by atoms with Gasteiger partial charge in [0.2, 0.25) is 0 Å². The fourth-order valence-electron chi connectivity index (χ4n) is 2.86. The van der Waals surface area contributed by atoms with Crippen molar-refractivity contribution in [2.24, 2.45) is 0 Å². The standard InChI is InChI=1S/C19H13.2CH3.Zr/c1-2-10-16-14(6-1)8-4-12-18(16)19-13-5-9-15-7-3-11-17(15)19;;;/h1-13H;2*1H3;/q3*-1;+3. The molecule has 0 N–H and O–H groups in total. The van der Waals surface area contributed by atoms with E-state index < -0.39 is 0 Å². The zero-order valence-electron chi connectivity index (χ0n) is 13.0. The van der Waals surface area contributed by atoms with Crippen molar-refractivity contribution in [2.75, 3.05) is 0 Å². The van der Waals surface area contributed by atoms with Crippen LogP contribution in [0, 0.1) is 14.9 Å². The summed E-state index contributed by atoms with van der Waals surface area (Å²) < 4.78 is 0. The first-order valence-corrected chi connectivity index (χ1v) is 6.56. The molecule has 4 aromatic carbocycles. The number of hydrogen-bond acceptors (Lipinski definition) is 0.